The number of aromatic nitrogens is 3. The molecule has 5 nitrogen and oxygen atoms in total. The molecule has 1 aliphatic carbocycles. The normalized spacial score (nSPS) is 16.7. The Hall–Kier alpha value is -2.17. The van der Waals surface area contributed by atoms with Crippen molar-refractivity contribution in [2.45, 2.75) is 18.3 Å². The van der Waals surface area contributed by atoms with E-state index in [4.69, 9.17) is 0 Å². The quantitative estimate of drug-likeness (QED) is 0.863. The number of carboxylic acids is 1. The number of carbonyl (C=O) groups is 1. The maximum absolute atomic E-state index is 11.2. The second-order valence-corrected chi connectivity index (χ2v) is 4.27. The zero-order valence-corrected chi connectivity index (χ0v) is 9.08. The number of hydrogen-bond acceptors (Lipinski definition) is 3. The van der Waals surface area contributed by atoms with Gasteiger partial charge in [-0.05, 0) is 30.5 Å². The van der Waals surface area contributed by atoms with Crippen molar-refractivity contribution in [2.75, 3.05) is 0 Å². The van der Waals surface area contributed by atoms with Crippen molar-refractivity contribution in [3.63, 3.8) is 0 Å². The van der Waals surface area contributed by atoms with E-state index in [1.807, 2.05) is 24.3 Å². The third-order valence-electron chi connectivity index (χ3n) is 3.26. The van der Waals surface area contributed by atoms with Gasteiger partial charge in [-0.3, -0.25) is 4.79 Å². The van der Waals surface area contributed by atoms with E-state index in [1.54, 1.807) is 11.0 Å². The van der Waals surface area contributed by atoms with Crippen molar-refractivity contribution in [3.8, 4) is 5.69 Å². The van der Waals surface area contributed by atoms with Crippen LogP contribution in [-0.4, -0.2) is 25.8 Å². The van der Waals surface area contributed by atoms with Gasteiger partial charge in [-0.25, -0.2) is 9.67 Å². The monoisotopic (exact) mass is 229 g/mol. The molecule has 5 heteroatoms. The molecule has 1 aromatic carbocycles. The number of carboxylic acid groups (broad SMARTS) is 1. The minimum Gasteiger partial charge on any atom is -0.481 e. The van der Waals surface area contributed by atoms with E-state index in [1.165, 1.54) is 6.33 Å². The molecule has 0 aliphatic heterocycles. The Morgan fingerprint density at radius 3 is 2.47 bits per heavy atom. The largest absolute Gasteiger partial charge is 0.481 e. The summed E-state index contributed by atoms with van der Waals surface area (Å²) in [7, 11) is 0. The standard InChI is InChI=1S/C12H11N3O2/c16-11(17)12(5-6-12)9-1-3-10(4-2-9)15-8-13-7-14-15/h1-4,7-8H,5-6H2,(H,16,17). The molecule has 1 aromatic heterocycles. The van der Waals surface area contributed by atoms with Crippen LogP contribution in [0.25, 0.3) is 5.69 Å². The van der Waals surface area contributed by atoms with Crippen LogP contribution >= 0.6 is 0 Å². The molecule has 0 amide bonds. The molecular weight excluding hydrogens is 218 g/mol. The molecule has 1 aliphatic rings. The fraction of sp³-hybridized carbons (Fsp3) is 0.250. The second kappa shape index (κ2) is 3.41. The maximum atomic E-state index is 11.2. The van der Waals surface area contributed by atoms with Crippen LogP contribution in [0.2, 0.25) is 0 Å². The van der Waals surface area contributed by atoms with Gasteiger partial charge in [0.1, 0.15) is 12.7 Å². The Morgan fingerprint density at radius 2 is 2.00 bits per heavy atom. The van der Waals surface area contributed by atoms with Crippen LogP contribution in [0.15, 0.2) is 36.9 Å². The molecule has 1 N–H and O–H groups in total. The van der Waals surface area contributed by atoms with Crippen molar-refractivity contribution >= 4 is 5.97 Å². The van der Waals surface area contributed by atoms with E-state index in [9.17, 15) is 9.90 Å². The molecule has 17 heavy (non-hydrogen) atoms. The Balaban J connectivity index is 1.94. The lowest BCUT2D eigenvalue weighted by Crippen LogP contribution is -2.19. The predicted octanol–water partition coefficient (Wildman–Crippen LogP) is 1.38. The molecule has 2 aromatic rings. The van der Waals surface area contributed by atoms with E-state index >= 15 is 0 Å². The first-order valence-corrected chi connectivity index (χ1v) is 5.41. The smallest absolute Gasteiger partial charge is 0.314 e. The van der Waals surface area contributed by atoms with Crippen molar-refractivity contribution in [3.05, 3.63) is 42.5 Å². The van der Waals surface area contributed by atoms with E-state index in [0.717, 1.165) is 24.1 Å². The number of aliphatic carboxylic acids is 1. The Labute approximate surface area is 97.7 Å². The molecule has 3 rings (SSSR count). The highest BCUT2D eigenvalue weighted by molar-refractivity contribution is 5.84. The third-order valence-corrected chi connectivity index (χ3v) is 3.26. The molecule has 0 atom stereocenters. The zero-order chi connectivity index (χ0) is 11.9. The summed E-state index contributed by atoms with van der Waals surface area (Å²) in [5, 5.41) is 13.2. The first-order chi connectivity index (χ1) is 8.22. The molecular formula is C12H11N3O2. The van der Waals surface area contributed by atoms with Crippen molar-refractivity contribution in [1.82, 2.24) is 14.8 Å². The summed E-state index contributed by atoms with van der Waals surface area (Å²) >= 11 is 0. The Morgan fingerprint density at radius 1 is 1.29 bits per heavy atom. The average molecular weight is 229 g/mol. The average Bonchev–Trinajstić information content (AvgIpc) is 2.98. The van der Waals surface area contributed by atoms with Gasteiger partial charge in [-0.2, -0.15) is 5.10 Å². The van der Waals surface area contributed by atoms with E-state index in [0.29, 0.717) is 0 Å². The SMILES string of the molecule is O=C(O)C1(c2ccc(-n3cncn3)cc2)CC1. The highest BCUT2D eigenvalue weighted by atomic mass is 16.4. The van der Waals surface area contributed by atoms with E-state index in [-0.39, 0.29) is 0 Å². The highest BCUT2D eigenvalue weighted by Gasteiger charge is 2.51. The van der Waals surface area contributed by atoms with E-state index in [2.05, 4.69) is 10.1 Å². The van der Waals surface area contributed by atoms with Crippen molar-refractivity contribution in [2.24, 2.45) is 0 Å². The minimum absolute atomic E-state index is 0.638. The van der Waals surface area contributed by atoms with Crippen LogP contribution < -0.4 is 0 Å². The zero-order valence-electron chi connectivity index (χ0n) is 9.08. The predicted molar refractivity (Wildman–Crippen MR) is 59.9 cm³/mol. The lowest BCUT2D eigenvalue weighted by atomic mass is 9.96. The fourth-order valence-electron chi connectivity index (χ4n) is 2.03. The Bertz CT molecular complexity index is 542. The topological polar surface area (TPSA) is 68.0 Å². The number of benzene rings is 1. The molecule has 1 saturated carbocycles. The molecule has 1 fully saturated rings. The van der Waals surface area contributed by atoms with Crippen LogP contribution in [0.4, 0.5) is 0 Å². The molecule has 1 heterocycles. The van der Waals surface area contributed by atoms with Crippen molar-refractivity contribution in [1.29, 1.82) is 0 Å². The van der Waals surface area contributed by atoms with Gasteiger partial charge in [0.15, 0.2) is 0 Å². The molecule has 86 valence electrons. The summed E-state index contributed by atoms with van der Waals surface area (Å²) in [5.41, 5.74) is 1.11. The highest BCUT2D eigenvalue weighted by Crippen LogP contribution is 2.48. The van der Waals surface area contributed by atoms with Gasteiger partial charge in [0, 0.05) is 0 Å². The summed E-state index contributed by atoms with van der Waals surface area (Å²) in [6.45, 7) is 0. The van der Waals surface area contributed by atoms with Gasteiger partial charge in [-0.1, -0.05) is 12.1 Å². The molecule has 0 bridgehead atoms. The van der Waals surface area contributed by atoms with Gasteiger partial charge in [-0.15, -0.1) is 0 Å². The Kier molecular flexibility index (Phi) is 2.01. The number of nitrogens with zero attached hydrogens (tertiary/aromatic N) is 3. The molecule has 0 spiro atoms. The van der Waals surface area contributed by atoms with Crippen molar-refractivity contribution < 1.29 is 9.90 Å². The lowest BCUT2D eigenvalue weighted by Gasteiger charge is -2.10. The molecule has 0 unspecified atom stereocenters. The van der Waals surface area contributed by atoms with Crippen LogP contribution in [0.1, 0.15) is 18.4 Å². The fourth-order valence-corrected chi connectivity index (χ4v) is 2.03. The molecule has 0 saturated heterocycles. The van der Waals surface area contributed by atoms with Gasteiger partial charge in [0.2, 0.25) is 0 Å². The summed E-state index contributed by atoms with van der Waals surface area (Å²) < 4.78 is 1.64. The molecule has 0 radical (unpaired) electrons. The van der Waals surface area contributed by atoms with Gasteiger partial charge in [0.25, 0.3) is 0 Å². The third kappa shape index (κ3) is 1.51. The van der Waals surface area contributed by atoms with Gasteiger partial charge in [0.05, 0.1) is 11.1 Å². The lowest BCUT2D eigenvalue weighted by molar-refractivity contribution is -0.140. The maximum Gasteiger partial charge on any atom is 0.314 e. The number of hydrogen-bond donors (Lipinski definition) is 1. The second-order valence-electron chi connectivity index (χ2n) is 4.27. The number of rotatable bonds is 3. The van der Waals surface area contributed by atoms with Gasteiger partial charge < -0.3 is 5.11 Å². The summed E-state index contributed by atoms with van der Waals surface area (Å²) in [6, 6.07) is 7.45. The van der Waals surface area contributed by atoms with Crippen LogP contribution in [-0.2, 0) is 10.2 Å². The first-order valence-electron chi connectivity index (χ1n) is 5.41. The first kappa shape index (κ1) is 10.0. The van der Waals surface area contributed by atoms with Crippen LogP contribution in [0.5, 0.6) is 0 Å². The van der Waals surface area contributed by atoms with Gasteiger partial charge >= 0.3 is 5.97 Å². The summed E-state index contributed by atoms with van der Waals surface area (Å²) in [4.78, 5) is 15.0. The summed E-state index contributed by atoms with van der Waals surface area (Å²) in [6.07, 6.45) is 4.53. The minimum atomic E-state index is -0.731. The van der Waals surface area contributed by atoms with E-state index < -0.39 is 11.4 Å². The van der Waals surface area contributed by atoms with Crippen LogP contribution in [0.3, 0.4) is 0 Å². The van der Waals surface area contributed by atoms with Crippen LogP contribution in [0, 0.1) is 0 Å². The summed E-state index contributed by atoms with van der Waals surface area (Å²) in [5.74, 6) is -0.731.